The van der Waals surface area contributed by atoms with Crippen LogP contribution >= 0.6 is 11.3 Å². The molecule has 0 amide bonds. The van der Waals surface area contributed by atoms with Crippen LogP contribution in [0.2, 0.25) is 0 Å². The molecular weight excluding hydrogens is 308 g/mol. The Morgan fingerprint density at radius 1 is 1.26 bits per heavy atom. The molecule has 2 N–H and O–H groups in total. The lowest BCUT2D eigenvalue weighted by atomic mass is 9.92. The van der Waals surface area contributed by atoms with Crippen molar-refractivity contribution in [1.29, 1.82) is 0 Å². The zero-order chi connectivity index (χ0) is 16.1. The Kier molecular flexibility index (Phi) is 5.65. The fourth-order valence-corrected chi connectivity index (χ4v) is 3.53. The molecule has 4 nitrogen and oxygen atoms in total. The first-order valence-electron chi connectivity index (χ1n) is 8.25. The van der Waals surface area contributed by atoms with Gasteiger partial charge in [-0.25, -0.2) is 4.98 Å². The number of rotatable bonds is 6. The molecule has 1 saturated carbocycles. The van der Waals surface area contributed by atoms with Crippen LogP contribution < -0.4 is 10.1 Å². The van der Waals surface area contributed by atoms with Gasteiger partial charge in [-0.15, -0.1) is 11.3 Å². The molecule has 0 spiro atoms. The minimum atomic E-state index is -0.201. The van der Waals surface area contributed by atoms with E-state index < -0.39 is 0 Å². The maximum absolute atomic E-state index is 9.98. The number of hydrogen-bond acceptors (Lipinski definition) is 5. The molecule has 1 aliphatic carbocycles. The van der Waals surface area contributed by atoms with Gasteiger partial charge < -0.3 is 15.2 Å². The van der Waals surface area contributed by atoms with Gasteiger partial charge in [-0.2, -0.15) is 0 Å². The molecule has 0 aliphatic heterocycles. The van der Waals surface area contributed by atoms with Crippen LogP contribution in [-0.4, -0.2) is 22.2 Å². The number of aliphatic hydroxyl groups excluding tert-OH is 1. The summed E-state index contributed by atoms with van der Waals surface area (Å²) in [7, 11) is 0. The Morgan fingerprint density at radius 2 is 2.04 bits per heavy atom. The number of ether oxygens (including phenoxy) is 1. The van der Waals surface area contributed by atoms with Crippen molar-refractivity contribution in [3.63, 3.8) is 0 Å². The molecule has 2 unspecified atom stereocenters. The van der Waals surface area contributed by atoms with Crippen LogP contribution in [0.25, 0.3) is 0 Å². The van der Waals surface area contributed by atoms with E-state index in [1.54, 1.807) is 11.3 Å². The Hall–Kier alpha value is -1.43. The quantitative estimate of drug-likeness (QED) is 0.851. The van der Waals surface area contributed by atoms with E-state index in [1.807, 2.05) is 24.4 Å². The second-order valence-electron chi connectivity index (χ2n) is 6.13. The zero-order valence-electron chi connectivity index (χ0n) is 13.5. The first kappa shape index (κ1) is 16.4. The zero-order valence-corrected chi connectivity index (χ0v) is 14.3. The van der Waals surface area contributed by atoms with E-state index in [0.29, 0.717) is 6.61 Å². The van der Waals surface area contributed by atoms with Crippen molar-refractivity contribution in [1.82, 2.24) is 10.3 Å². The van der Waals surface area contributed by atoms with E-state index in [0.717, 1.165) is 42.3 Å². The van der Waals surface area contributed by atoms with Gasteiger partial charge in [0.25, 0.3) is 0 Å². The van der Waals surface area contributed by atoms with Gasteiger partial charge in [0.2, 0.25) is 0 Å². The third kappa shape index (κ3) is 4.77. The fourth-order valence-electron chi connectivity index (χ4n) is 2.93. The standard InChI is InChI=1S/C18H24N2O2S/c1-13-20-15(12-23-13)11-22-16-8-6-14(7-9-16)10-19-17-4-2-3-5-18(17)21/h6-9,12,17-19,21H,2-5,10-11H2,1H3. The van der Waals surface area contributed by atoms with Crippen molar-refractivity contribution in [3.8, 4) is 5.75 Å². The Bertz CT molecular complexity index is 612. The molecule has 1 aliphatic rings. The number of aliphatic hydroxyl groups is 1. The number of nitrogens with zero attached hydrogens (tertiary/aromatic N) is 1. The molecule has 2 aromatic rings. The smallest absolute Gasteiger partial charge is 0.131 e. The highest BCUT2D eigenvalue weighted by atomic mass is 32.1. The molecule has 0 radical (unpaired) electrons. The average Bonchev–Trinajstić information content (AvgIpc) is 2.99. The van der Waals surface area contributed by atoms with E-state index in [9.17, 15) is 5.11 Å². The molecular formula is C18H24N2O2S. The number of aryl methyl sites for hydroxylation is 1. The molecule has 1 aromatic carbocycles. The summed E-state index contributed by atoms with van der Waals surface area (Å²) in [6, 6.07) is 8.36. The minimum absolute atomic E-state index is 0.201. The lowest BCUT2D eigenvalue weighted by Gasteiger charge is -2.28. The molecule has 0 bridgehead atoms. The van der Waals surface area contributed by atoms with Gasteiger partial charge in [0.1, 0.15) is 12.4 Å². The van der Waals surface area contributed by atoms with E-state index in [-0.39, 0.29) is 12.1 Å². The third-order valence-electron chi connectivity index (χ3n) is 4.27. The predicted molar refractivity (Wildman–Crippen MR) is 92.7 cm³/mol. The summed E-state index contributed by atoms with van der Waals surface area (Å²) in [6.45, 7) is 3.29. The van der Waals surface area contributed by atoms with Crippen molar-refractivity contribution in [2.75, 3.05) is 0 Å². The summed E-state index contributed by atoms with van der Waals surface area (Å²) >= 11 is 1.64. The summed E-state index contributed by atoms with van der Waals surface area (Å²) in [5.74, 6) is 0.858. The van der Waals surface area contributed by atoms with Crippen LogP contribution in [0.1, 0.15) is 41.9 Å². The number of benzene rings is 1. The molecule has 124 valence electrons. The molecule has 2 atom stereocenters. The van der Waals surface area contributed by atoms with E-state index in [1.165, 1.54) is 12.0 Å². The normalized spacial score (nSPS) is 21.3. The lowest BCUT2D eigenvalue weighted by molar-refractivity contribution is 0.0902. The van der Waals surface area contributed by atoms with Crippen molar-refractivity contribution in [3.05, 3.63) is 45.9 Å². The molecule has 1 heterocycles. The first-order valence-corrected chi connectivity index (χ1v) is 9.13. The number of nitrogens with one attached hydrogen (secondary N) is 1. The van der Waals surface area contributed by atoms with Crippen molar-refractivity contribution in [2.24, 2.45) is 0 Å². The average molecular weight is 332 g/mol. The van der Waals surface area contributed by atoms with Gasteiger partial charge in [-0.05, 0) is 37.5 Å². The van der Waals surface area contributed by atoms with Crippen molar-refractivity contribution < 1.29 is 9.84 Å². The van der Waals surface area contributed by atoms with Crippen LogP contribution in [-0.2, 0) is 13.2 Å². The molecule has 0 saturated heterocycles. The van der Waals surface area contributed by atoms with Gasteiger partial charge in [0.05, 0.1) is 16.8 Å². The van der Waals surface area contributed by atoms with Crippen molar-refractivity contribution in [2.45, 2.75) is 57.9 Å². The maximum atomic E-state index is 9.98. The highest BCUT2D eigenvalue weighted by molar-refractivity contribution is 7.09. The van der Waals surface area contributed by atoms with Crippen LogP contribution in [0.5, 0.6) is 5.75 Å². The van der Waals surface area contributed by atoms with Crippen LogP contribution in [0.4, 0.5) is 0 Å². The lowest BCUT2D eigenvalue weighted by Crippen LogP contribution is -2.41. The van der Waals surface area contributed by atoms with E-state index in [4.69, 9.17) is 4.74 Å². The van der Waals surface area contributed by atoms with Gasteiger partial charge in [0.15, 0.2) is 0 Å². The summed E-state index contributed by atoms with van der Waals surface area (Å²) in [4.78, 5) is 4.39. The summed E-state index contributed by atoms with van der Waals surface area (Å²) in [5.41, 5.74) is 2.18. The number of hydrogen-bond donors (Lipinski definition) is 2. The predicted octanol–water partition coefficient (Wildman–Crippen LogP) is 3.42. The SMILES string of the molecule is Cc1nc(COc2ccc(CNC3CCCCC3O)cc2)cs1. The second kappa shape index (κ2) is 7.90. The fraction of sp³-hybridized carbons (Fsp3) is 0.500. The topological polar surface area (TPSA) is 54.4 Å². The van der Waals surface area contributed by atoms with Gasteiger partial charge in [-0.3, -0.25) is 0 Å². The van der Waals surface area contributed by atoms with Gasteiger partial charge >= 0.3 is 0 Å². The molecule has 1 aromatic heterocycles. The first-order chi connectivity index (χ1) is 11.2. The van der Waals surface area contributed by atoms with Gasteiger partial charge in [0, 0.05) is 18.0 Å². The molecule has 23 heavy (non-hydrogen) atoms. The van der Waals surface area contributed by atoms with Crippen LogP contribution in [0.15, 0.2) is 29.6 Å². The van der Waals surface area contributed by atoms with Gasteiger partial charge in [-0.1, -0.05) is 25.0 Å². The third-order valence-corrected chi connectivity index (χ3v) is 5.10. The number of thiazole rings is 1. The Morgan fingerprint density at radius 3 is 2.74 bits per heavy atom. The Labute approximate surface area is 141 Å². The van der Waals surface area contributed by atoms with Crippen LogP contribution in [0.3, 0.4) is 0 Å². The molecule has 1 fully saturated rings. The molecule has 5 heteroatoms. The van der Waals surface area contributed by atoms with Crippen LogP contribution in [0, 0.1) is 6.92 Å². The number of aromatic nitrogens is 1. The minimum Gasteiger partial charge on any atom is -0.487 e. The highest BCUT2D eigenvalue weighted by Crippen LogP contribution is 2.19. The maximum Gasteiger partial charge on any atom is 0.131 e. The summed E-state index contributed by atoms with van der Waals surface area (Å²) in [6.07, 6.45) is 4.13. The van der Waals surface area contributed by atoms with Crippen molar-refractivity contribution >= 4 is 11.3 Å². The highest BCUT2D eigenvalue weighted by Gasteiger charge is 2.21. The molecule has 3 rings (SSSR count). The largest absolute Gasteiger partial charge is 0.487 e. The monoisotopic (exact) mass is 332 g/mol. The van der Waals surface area contributed by atoms with E-state index >= 15 is 0 Å². The second-order valence-corrected chi connectivity index (χ2v) is 7.19. The Balaban J connectivity index is 1.46. The van der Waals surface area contributed by atoms with E-state index in [2.05, 4.69) is 22.4 Å². The summed E-state index contributed by atoms with van der Waals surface area (Å²) in [5, 5.41) is 16.5. The summed E-state index contributed by atoms with van der Waals surface area (Å²) < 4.78 is 5.76.